The Labute approximate surface area is 194 Å². The molecule has 0 aromatic rings. The second-order valence-corrected chi connectivity index (χ2v) is 10.9. The van der Waals surface area contributed by atoms with E-state index in [1.54, 1.807) is 19.1 Å². The molecule has 1 spiro atoms. The van der Waals surface area contributed by atoms with Crippen LogP contribution in [0.1, 0.15) is 65.7 Å². The van der Waals surface area contributed by atoms with Gasteiger partial charge in [0.15, 0.2) is 5.78 Å². The van der Waals surface area contributed by atoms with Crippen LogP contribution in [0.25, 0.3) is 0 Å². The van der Waals surface area contributed by atoms with Crippen molar-refractivity contribution in [3.8, 4) is 0 Å². The van der Waals surface area contributed by atoms with E-state index >= 15 is 0 Å². The van der Waals surface area contributed by atoms with Crippen LogP contribution in [0.3, 0.4) is 0 Å². The third-order valence-corrected chi connectivity index (χ3v) is 8.67. The summed E-state index contributed by atoms with van der Waals surface area (Å²) in [5.74, 6) is -1.52. The van der Waals surface area contributed by atoms with Crippen LogP contribution in [0.15, 0.2) is 23.8 Å². The predicted molar refractivity (Wildman–Crippen MR) is 120 cm³/mol. The second kappa shape index (κ2) is 8.08. The molecule has 2 saturated heterocycles. The van der Waals surface area contributed by atoms with Crippen molar-refractivity contribution in [1.82, 2.24) is 5.32 Å². The van der Waals surface area contributed by atoms with Crippen LogP contribution >= 0.6 is 0 Å². The molecule has 2 saturated carbocycles. The molecular formula is C25H34N2O6. The van der Waals surface area contributed by atoms with E-state index in [9.17, 15) is 24.3 Å². The minimum atomic E-state index is -1.21. The number of aliphatic carboxylic acids is 1. The minimum absolute atomic E-state index is 0.0223. The number of hydrogen-bond donors (Lipinski definition) is 3. The van der Waals surface area contributed by atoms with E-state index in [-0.39, 0.29) is 41.7 Å². The quantitative estimate of drug-likeness (QED) is 0.454. The van der Waals surface area contributed by atoms with Gasteiger partial charge in [-0.25, -0.2) is 4.79 Å². The summed E-state index contributed by atoms with van der Waals surface area (Å²) in [4.78, 5) is 47.9. The maximum atomic E-state index is 13.1. The summed E-state index contributed by atoms with van der Waals surface area (Å²) >= 11 is 0. The Morgan fingerprint density at radius 2 is 2.09 bits per heavy atom. The average molecular weight is 459 g/mol. The molecule has 33 heavy (non-hydrogen) atoms. The average Bonchev–Trinajstić information content (AvgIpc) is 3.09. The van der Waals surface area contributed by atoms with Gasteiger partial charge in [0.05, 0.1) is 11.7 Å². The Hall–Kier alpha value is -2.48. The van der Waals surface area contributed by atoms with E-state index < -0.39 is 29.2 Å². The summed E-state index contributed by atoms with van der Waals surface area (Å²) in [5.41, 5.74) is 4.86. The van der Waals surface area contributed by atoms with Gasteiger partial charge in [-0.3, -0.25) is 14.4 Å². The molecule has 8 nitrogen and oxygen atoms in total. The number of nitrogens with one attached hydrogen (secondary N) is 1. The van der Waals surface area contributed by atoms with Gasteiger partial charge in [0, 0.05) is 23.3 Å². The van der Waals surface area contributed by atoms with Crippen molar-refractivity contribution in [3.05, 3.63) is 23.8 Å². The predicted octanol–water partition coefficient (Wildman–Crippen LogP) is 2.27. The maximum absolute atomic E-state index is 13.1. The summed E-state index contributed by atoms with van der Waals surface area (Å²) in [6.45, 7) is 5.87. The van der Waals surface area contributed by atoms with Gasteiger partial charge >= 0.3 is 5.97 Å². The zero-order valence-corrected chi connectivity index (χ0v) is 19.6. The fourth-order valence-corrected chi connectivity index (χ4v) is 7.14. The van der Waals surface area contributed by atoms with E-state index in [1.807, 2.05) is 6.92 Å². The Morgan fingerprint density at radius 3 is 2.73 bits per heavy atom. The number of amides is 2. The van der Waals surface area contributed by atoms with Crippen molar-refractivity contribution in [2.45, 2.75) is 83.5 Å². The highest BCUT2D eigenvalue weighted by atomic mass is 16.5. The van der Waals surface area contributed by atoms with E-state index in [0.29, 0.717) is 24.3 Å². The van der Waals surface area contributed by atoms with Crippen LogP contribution in [0.4, 0.5) is 0 Å². The summed E-state index contributed by atoms with van der Waals surface area (Å²) in [6.07, 6.45) is 9.76. The van der Waals surface area contributed by atoms with Crippen LogP contribution in [-0.4, -0.2) is 46.4 Å². The highest BCUT2D eigenvalue weighted by molar-refractivity contribution is 5.97. The van der Waals surface area contributed by atoms with Gasteiger partial charge < -0.3 is 20.9 Å². The van der Waals surface area contributed by atoms with Crippen molar-refractivity contribution < 1.29 is 29.0 Å². The first kappa shape index (κ1) is 23.7. The number of ketones is 1. The molecule has 180 valence electrons. The molecule has 8 heteroatoms. The van der Waals surface area contributed by atoms with Gasteiger partial charge in [-0.15, -0.1) is 0 Å². The Kier molecular flexibility index (Phi) is 5.79. The number of carboxylic acid groups (broad SMARTS) is 1. The second-order valence-electron chi connectivity index (χ2n) is 10.9. The highest BCUT2D eigenvalue weighted by Crippen LogP contribution is 2.71. The molecule has 0 aromatic heterocycles. The molecule has 2 unspecified atom stereocenters. The molecule has 5 aliphatic rings. The van der Waals surface area contributed by atoms with Crippen LogP contribution < -0.4 is 11.1 Å². The fraction of sp³-hybridized carbons (Fsp3) is 0.680. The first-order valence-corrected chi connectivity index (χ1v) is 11.8. The molecule has 2 amide bonds. The number of allylic oxidation sites excluding steroid dienone is 3. The molecule has 2 aliphatic heterocycles. The Morgan fingerprint density at radius 1 is 1.36 bits per heavy atom. The van der Waals surface area contributed by atoms with Crippen LogP contribution in [-0.2, 0) is 23.9 Å². The highest BCUT2D eigenvalue weighted by Gasteiger charge is 2.71. The van der Waals surface area contributed by atoms with Gasteiger partial charge in [-0.1, -0.05) is 19.1 Å². The Balaban J connectivity index is 1.42. The minimum Gasteiger partial charge on any atom is -0.480 e. The number of carbonyl (C=O) groups is 4. The van der Waals surface area contributed by atoms with Gasteiger partial charge in [0.2, 0.25) is 11.8 Å². The van der Waals surface area contributed by atoms with Crippen molar-refractivity contribution in [3.63, 3.8) is 0 Å². The van der Waals surface area contributed by atoms with E-state index in [1.165, 1.54) is 0 Å². The summed E-state index contributed by atoms with van der Waals surface area (Å²) in [7, 11) is 0. The number of carboxylic acids is 1. The summed E-state index contributed by atoms with van der Waals surface area (Å²) < 4.78 is 6.46. The maximum Gasteiger partial charge on any atom is 0.326 e. The number of hydrogen-bond acceptors (Lipinski definition) is 5. The monoisotopic (exact) mass is 458 g/mol. The van der Waals surface area contributed by atoms with E-state index in [2.05, 4.69) is 18.3 Å². The summed E-state index contributed by atoms with van der Waals surface area (Å²) in [6, 6.07) is -1.18. The van der Waals surface area contributed by atoms with Crippen LogP contribution in [0.5, 0.6) is 0 Å². The SMILES string of the molecule is C/C(=C\CC[C@]1(C)C(=O)C=C[C@]23CC4C[C@H](O[C@]4(C)C2)C31)C(=O)N[C@@H](CCC(N)=O)C(=O)O. The van der Waals surface area contributed by atoms with Gasteiger partial charge in [-0.05, 0) is 69.8 Å². The van der Waals surface area contributed by atoms with Crippen molar-refractivity contribution in [2.75, 3.05) is 0 Å². The third kappa shape index (κ3) is 3.92. The number of rotatable bonds is 9. The van der Waals surface area contributed by atoms with Crippen molar-refractivity contribution in [1.29, 1.82) is 0 Å². The smallest absolute Gasteiger partial charge is 0.326 e. The number of carbonyl (C=O) groups excluding carboxylic acids is 3. The molecule has 5 rings (SSSR count). The summed E-state index contributed by atoms with van der Waals surface area (Å²) in [5, 5.41) is 11.7. The zero-order chi connectivity index (χ0) is 24.2. The van der Waals surface area contributed by atoms with E-state index in [0.717, 1.165) is 19.3 Å². The number of ether oxygens (including phenoxy) is 1. The number of primary amides is 1. The standard InChI is InChI=1S/C25H34N2O6/c1-14(21(30)27-16(22(31)32)6-7-19(26)29)5-4-9-23(2)18(28)8-10-25-12-15-11-17(20(23)25)33-24(15,3)13-25/h5,8,10,15-17,20H,4,6-7,9,11-13H2,1-3H3,(H2,26,29)(H,27,30)(H,31,32)/b14-5+/t15?,16-,17-,20?,23+,24+,25-/m0/s1. The Bertz CT molecular complexity index is 957. The van der Waals surface area contributed by atoms with E-state index in [4.69, 9.17) is 10.5 Å². The molecular weight excluding hydrogens is 424 g/mol. The lowest BCUT2D eigenvalue weighted by Gasteiger charge is -2.55. The molecule has 3 aliphatic carbocycles. The van der Waals surface area contributed by atoms with Gasteiger partial charge in [-0.2, -0.15) is 0 Å². The largest absolute Gasteiger partial charge is 0.480 e. The first-order chi connectivity index (χ1) is 15.4. The number of nitrogens with two attached hydrogens (primary N) is 1. The van der Waals surface area contributed by atoms with Crippen molar-refractivity contribution in [2.24, 2.45) is 28.4 Å². The first-order valence-electron chi connectivity index (χ1n) is 11.8. The topological polar surface area (TPSA) is 136 Å². The third-order valence-electron chi connectivity index (χ3n) is 8.67. The van der Waals surface area contributed by atoms with Gasteiger partial charge in [0.25, 0.3) is 0 Å². The van der Waals surface area contributed by atoms with Gasteiger partial charge in [0.1, 0.15) is 6.04 Å². The van der Waals surface area contributed by atoms with Crippen LogP contribution in [0, 0.1) is 22.7 Å². The molecule has 2 heterocycles. The lowest BCUT2D eigenvalue weighted by molar-refractivity contribution is -0.168. The van der Waals surface area contributed by atoms with Crippen molar-refractivity contribution >= 4 is 23.6 Å². The normalized spacial score (nSPS) is 39.4. The molecule has 7 atom stereocenters. The molecule has 4 N–H and O–H groups in total. The molecule has 0 aromatic carbocycles. The fourth-order valence-electron chi connectivity index (χ4n) is 7.14. The lowest BCUT2D eigenvalue weighted by atomic mass is 9.51. The van der Waals surface area contributed by atoms with Crippen LogP contribution in [0.2, 0.25) is 0 Å². The lowest BCUT2D eigenvalue weighted by Crippen LogP contribution is -2.56. The zero-order valence-electron chi connectivity index (χ0n) is 19.6. The molecule has 4 fully saturated rings. The molecule has 0 radical (unpaired) electrons. The molecule has 4 bridgehead atoms.